The van der Waals surface area contributed by atoms with Crippen molar-refractivity contribution < 1.29 is 13.2 Å². The van der Waals surface area contributed by atoms with Crippen LogP contribution in [0.3, 0.4) is 0 Å². The molecule has 21 heavy (non-hydrogen) atoms. The molecule has 2 aromatic rings. The Morgan fingerprint density at radius 1 is 1.38 bits per heavy atom. The number of sulfonamides is 1. The van der Waals surface area contributed by atoms with Crippen LogP contribution < -0.4 is 9.46 Å². The maximum absolute atomic E-state index is 12.2. The first-order chi connectivity index (χ1) is 10.0. The first kappa shape index (κ1) is 15.5. The Balaban J connectivity index is 2.03. The average Bonchev–Trinajstić information content (AvgIpc) is 2.94. The lowest BCUT2D eigenvalue weighted by molar-refractivity contribution is 0.337. The van der Waals surface area contributed by atoms with Crippen LogP contribution >= 0.6 is 0 Å². The number of rotatable bonds is 7. The highest BCUT2D eigenvalue weighted by Gasteiger charge is 2.14. The molecule has 114 valence electrons. The Bertz CT molecular complexity index is 681. The lowest BCUT2D eigenvalue weighted by atomic mass is 10.2. The maximum Gasteiger partial charge on any atom is 0.240 e. The van der Waals surface area contributed by atoms with Crippen LogP contribution in [-0.4, -0.2) is 31.1 Å². The van der Waals surface area contributed by atoms with E-state index in [1.807, 2.05) is 18.4 Å². The number of aryl methyl sites for hydroxylation is 1. The van der Waals surface area contributed by atoms with Gasteiger partial charge in [0.05, 0.1) is 17.8 Å². The first-order valence-corrected chi connectivity index (χ1v) is 8.20. The quantitative estimate of drug-likeness (QED) is 0.842. The summed E-state index contributed by atoms with van der Waals surface area (Å²) >= 11 is 0. The normalized spacial score (nSPS) is 11.5. The fourth-order valence-corrected chi connectivity index (χ4v) is 3.02. The summed E-state index contributed by atoms with van der Waals surface area (Å²) in [6.07, 6.45) is 5.09. The number of hydrogen-bond donors (Lipinski definition) is 1. The Morgan fingerprint density at radius 2 is 2.19 bits per heavy atom. The van der Waals surface area contributed by atoms with E-state index in [2.05, 4.69) is 9.71 Å². The van der Waals surface area contributed by atoms with Gasteiger partial charge >= 0.3 is 0 Å². The van der Waals surface area contributed by atoms with Gasteiger partial charge in [-0.15, -0.1) is 0 Å². The van der Waals surface area contributed by atoms with Crippen LogP contribution in [0.15, 0.2) is 41.8 Å². The molecule has 1 aromatic heterocycles. The molecule has 0 atom stereocenters. The molecule has 7 heteroatoms. The zero-order valence-corrected chi connectivity index (χ0v) is 12.9. The molecule has 2 rings (SSSR count). The van der Waals surface area contributed by atoms with E-state index in [0.29, 0.717) is 25.4 Å². The maximum atomic E-state index is 12.2. The predicted octanol–water partition coefficient (Wildman–Crippen LogP) is 1.57. The number of nitrogens with zero attached hydrogens (tertiary/aromatic N) is 2. The molecule has 0 spiro atoms. The van der Waals surface area contributed by atoms with Crippen LogP contribution in [0.1, 0.15) is 12.5 Å². The monoisotopic (exact) mass is 309 g/mol. The van der Waals surface area contributed by atoms with Crippen LogP contribution in [0.4, 0.5) is 0 Å². The van der Waals surface area contributed by atoms with Crippen LogP contribution in [0, 0.1) is 6.92 Å². The first-order valence-electron chi connectivity index (χ1n) is 6.72. The van der Waals surface area contributed by atoms with Gasteiger partial charge in [0, 0.05) is 25.5 Å². The number of imidazole rings is 1. The van der Waals surface area contributed by atoms with Crippen molar-refractivity contribution in [1.82, 2.24) is 14.3 Å². The van der Waals surface area contributed by atoms with E-state index in [9.17, 15) is 8.42 Å². The molecular formula is C14H19N3O3S. The highest BCUT2D eigenvalue weighted by Crippen LogP contribution is 2.21. The van der Waals surface area contributed by atoms with Gasteiger partial charge in [0.15, 0.2) is 0 Å². The second-order valence-electron chi connectivity index (χ2n) is 4.56. The van der Waals surface area contributed by atoms with Gasteiger partial charge in [0.1, 0.15) is 5.75 Å². The molecule has 1 N–H and O–H groups in total. The second kappa shape index (κ2) is 6.73. The topological polar surface area (TPSA) is 73.2 Å². The fourth-order valence-electron chi connectivity index (χ4n) is 1.92. The molecule has 0 saturated heterocycles. The molecule has 0 aliphatic heterocycles. The summed E-state index contributed by atoms with van der Waals surface area (Å²) < 4.78 is 34.2. The van der Waals surface area contributed by atoms with E-state index in [-0.39, 0.29) is 4.90 Å². The third-order valence-corrected chi connectivity index (χ3v) is 4.44. The number of hydrogen-bond acceptors (Lipinski definition) is 4. The van der Waals surface area contributed by atoms with Gasteiger partial charge in [-0.3, -0.25) is 0 Å². The Hall–Kier alpha value is -1.86. The zero-order valence-electron chi connectivity index (χ0n) is 12.1. The van der Waals surface area contributed by atoms with E-state index in [4.69, 9.17) is 4.74 Å². The predicted molar refractivity (Wildman–Crippen MR) is 79.8 cm³/mol. The van der Waals surface area contributed by atoms with E-state index in [1.54, 1.807) is 36.9 Å². The molecule has 0 bridgehead atoms. The largest absolute Gasteiger partial charge is 0.494 e. The van der Waals surface area contributed by atoms with Crippen LogP contribution in [0.5, 0.6) is 5.75 Å². The van der Waals surface area contributed by atoms with Gasteiger partial charge in [0.25, 0.3) is 0 Å². The van der Waals surface area contributed by atoms with Crippen LogP contribution in [0.25, 0.3) is 0 Å². The van der Waals surface area contributed by atoms with Crippen molar-refractivity contribution in [3.63, 3.8) is 0 Å². The van der Waals surface area contributed by atoms with Gasteiger partial charge in [-0.1, -0.05) is 0 Å². The molecule has 0 fully saturated rings. The van der Waals surface area contributed by atoms with Crippen molar-refractivity contribution in [2.75, 3.05) is 13.2 Å². The van der Waals surface area contributed by atoms with Crippen molar-refractivity contribution in [2.45, 2.75) is 25.3 Å². The minimum absolute atomic E-state index is 0.245. The number of nitrogens with one attached hydrogen (secondary N) is 1. The molecule has 0 aliphatic carbocycles. The summed E-state index contributed by atoms with van der Waals surface area (Å²) in [5.41, 5.74) is 0.800. The zero-order chi connectivity index (χ0) is 15.3. The summed E-state index contributed by atoms with van der Waals surface area (Å²) in [6, 6.07) is 4.85. The molecule has 0 radical (unpaired) electrons. The molecule has 0 unspecified atom stereocenters. The molecule has 6 nitrogen and oxygen atoms in total. The van der Waals surface area contributed by atoms with E-state index < -0.39 is 10.0 Å². The SMILES string of the molecule is CCOc1ccc(S(=O)(=O)NCCn2ccnc2)cc1C. The summed E-state index contributed by atoms with van der Waals surface area (Å²) in [6.45, 7) is 5.12. The highest BCUT2D eigenvalue weighted by atomic mass is 32.2. The summed E-state index contributed by atoms with van der Waals surface area (Å²) in [4.78, 5) is 4.15. The molecular weight excluding hydrogens is 290 g/mol. The molecule has 1 heterocycles. The Kier molecular flexibility index (Phi) is 4.98. The molecule has 0 saturated carbocycles. The van der Waals surface area contributed by atoms with Crippen molar-refractivity contribution in [2.24, 2.45) is 0 Å². The lowest BCUT2D eigenvalue weighted by Crippen LogP contribution is -2.27. The van der Waals surface area contributed by atoms with Crippen molar-refractivity contribution >= 4 is 10.0 Å². The standard InChI is InChI=1S/C14H19N3O3S/c1-3-20-14-5-4-13(10-12(14)2)21(18,19)16-7-9-17-8-6-15-11-17/h4-6,8,10-11,16H,3,7,9H2,1-2H3. The smallest absolute Gasteiger partial charge is 0.240 e. The number of aromatic nitrogens is 2. The van der Waals surface area contributed by atoms with Gasteiger partial charge in [0.2, 0.25) is 10.0 Å². The second-order valence-corrected chi connectivity index (χ2v) is 6.33. The van der Waals surface area contributed by atoms with Gasteiger partial charge in [-0.25, -0.2) is 18.1 Å². The summed E-state index contributed by atoms with van der Waals surface area (Å²) in [5.74, 6) is 0.704. The van der Waals surface area contributed by atoms with E-state index in [1.165, 1.54) is 0 Å². The lowest BCUT2D eigenvalue weighted by Gasteiger charge is -2.11. The molecule has 1 aromatic carbocycles. The van der Waals surface area contributed by atoms with Crippen molar-refractivity contribution in [3.8, 4) is 5.75 Å². The van der Waals surface area contributed by atoms with E-state index in [0.717, 1.165) is 5.56 Å². The molecule has 0 amide bonds. The third-order valence-electron chi connectivity index (χ3n) is 2.98. The van der Waals surface area contributed by atoms with E-state index >= 15 is 0 Å². The Morgan fingerprint density at radius 3 is 2.81 bits per heavy atom. The minimum Gasteiger partial charge on any atom is -0.494 e. The van der Waals surface area contributed by atoms with Crippen molar-refractivity contribution in [3.05, 3.63) is 42.5 Å². The summed E-state index contributed by atoms with van der Waals surface area (Å²) in [7, 11) is -3.51. The third kappa shape index (κ3) is 4.05. The highest BCUT2D eigenvalue weighted by molar-refractivity contribution is 7.89. The number of ether oxygens (including phenoxy) is 1. The fraction of sp³-hybridized carbons (Fsp3) is 0.357. The van der Waals surface area contributed by atoms with Crippen LogP contribution in [0.2, 0.25) is 0 Å². The minimum atomic E-state index is -3.51. The van der Waals surface area contributed by atoms with Gasteiger partial charge in [-0.05, 0) is 37.6 Å². The summed E-state index contributed by atoms with van der Waals surface area (Å²) in [5, 5.41) is 0. The molecule has 0 aliphatic rings. The van der Waals surface area contributed by atoms with Gasteiger partial charge < -0.3 is 9.30 Å². The van der Waals surface area contributed by atoms with Crippen LogP contribution in [-0.2, 0) is 16.6 Å². The Labute approximate surface area is 124 Å². The number of benzene rings is 1. The average molecular weight is 309 g/mol. The van der Waals surface area contributed by atoms with Crippen molar-refractivity contribution in [1.29, 1.82) is 0 Å². The van der Waals surface area contributed by atoms with Gasteiger partial charge in [-0.2, -0.15) is 0 Å².